The van der Waals surface area contributed by atoms with Gasteiger partial charge in [0.05, 0.1) is 0 Å². The van der Waals surface area contributed by atoms with Gasteiger partial charge in [-0.05, 0) is 19.3 Å². The Morgan fingerprint density at radius 3 is 0.971 bits per heavy atom. The first-order valence-electron chi connectivity index (χ1n) is 16.5. The van der Waals surface area contributed by atoms with E-state index in [0.717, 1.165) is 25.9 Å². The van der Waals surface area contributed by atoms with Crippen LogP contribution in [0.4, 0.5) is 0 Å². The van der Waals surface area contributed by atoms with Crippen LogP contribution < -0.4 is 0 Å². The molecule has 0 aromatic carbocycles. The van der Waals surface area contributed by atoms with Crippen molar-refractivity contribution in [1.29, 1.82) is 0 Å². The van der Waals surface area contributed by atoms with Crippen LogP contribution in [0.25, 0.3) is 0 Å². The minimum absolute atomic E-state index is 0.429. The lowest BCUT2D eigenvalue weighted by Gasteiger charge is -2.23. The van der Waals surface area contributed by atoms with Gasteiger partial charge in [0.1, 0.15) is 0 Å². The lowest BCUT2D eigenvalue weighted by molar-refractivity contribution is -0.131. The highest BCUT2D eigenvalue weighted by atomic mass is 16.2. The van der Waals surface area contributed by atoms with Crippen molar-refractivity contribution >= 4 is 5.91 Å². The number of carbonyl (C=O) groups is 1. The lowest BCUT2D eigenvalue weighted by Crippen LogP contribution is -2.32. The van der Waals surface area contributed by atoms with Crippen LogP contribution in [0.3, 0.4) is 0 Å². The van der Waals surface area contributed by atoms with Gasteiger partial charge in [-0.2, -0.15) is 0 Å². The first kappa shape index (κ1) is 36.6. The quantitative estimate of drug-likeness (QED) is 0.104. The van der Waals surface area contributed by atoms with Crippen molar-refractivity contribution < 1.29 is 4.79 Å². The summed E-state index contributed by atoms with van der Waals surface area (Å²) >= 11 is 0. The number of hydrogen-bond acceptors (Lipinski definition) is 1. The van der Waals surface area contributed by atoms with E-state index in [1.807, 2.05) is 13.8 Å². The molecule has 0 aliphatic carbocycles. The summed E-state index contributed by atoms with van der Waals surface area (Å²) < 4.78 is 0. The highest BCUT2D eigenvalue weighted by molar-refractivity contribution is 5.76. The number of hydrogen-bond donors (Lipinski definition) is 0. The van der Waals surface area contributed by atoms with E-state index < -0.39 is 0 Å². The van der Waals surface area contributed by atoms with Gasteiger partial charge in [0.25, 0.3) is 0 Å². The molecule has 0 aliphatic heterocycles. The molecule has 0 rings (SSSR count). The Hall–Kier alpha value is -0.530. The van der Waals surface area contributed by atoms with Gasteiger partial charge < -0.3 is 4.90 Å². The van der Waals surface area contributed by atoms with E-state index in [9.17, 15) is 4.79 Å². The van der Waals surface area contributed by atoms with E-state index in [-0.39, 0.29) is 0 Å². The minimum atomic E-state index is 0.429. The number of rotatable bonds is 27. The van der Waals surface area contributed by atoms with E-state index in [4.69, 9.17) is 0 Å². The van der Waals surface area contributed by atoms with Crippen LogP contribution in [-0.4, -0.2) is 23.9 Å². The molecule has 0 aromatic rings. The third-order valence-corrected chi connectivity index (χ3v) is 7.16. The molecule has 0 atom stereocenters. The molecule has 0 spiro atoms. The van der Waals surface area contributed by atoms with E-state index in [1.54, 1.807) is 0 Å². The Labute approximate surface area is 223 Å². The van der Waals surface area contributed by atoms with Crippen LogP contribution in [0.5, 0.6) is 0 Å². The molecule has 0 unspecified atom stereocenters. The molecule has 2 nitrogen and oxygen atoms in total. The fraction of sp³-hybridized carbons (Fsp3) is 0.970. The average molecular weight is 496 g/mol. The van der Waals surface area contributed by atoms with Crippen molar-refractivity contribution in [3.05, 3.63) is 0 Å². The molecule has 0 saturated heterocycles. The Kier molecular flexibility index (Phi) is 35.0. The predicted octanol–water partition coefficient (Wildman–Crippen LogP) is 11.7. The Balaban J connectivity index is 0. The van der Waals surface area contributed by atoms with Crippen LogP contribution in [-0.2, 0) is 4.79 Å². The third kappa shape index (κ3) is 29.6. The molecular weight excluding hydrogens is 426 g/mol. The summed E-state index contributed by atoms with van der Waals surface area (Å²) in [6.45, 7) is 12.8. The summed E-state index contributed by atoms with van der Waals surface area (Å²) in [6.07, 6.45) is 32.9. The average Bonchev–Trinajstić information content (AvgIpc) is 2.88. The highest BCUT2D eigenvalue weighted by Crippen LogP contribution is 2.14. The summed E-state index contributed by atoms with van der Waals surface area (Å²) in [5.41, 5.74) is 0. The molecule has 2 heteroatoms. The molecule has 0 radical (unpaired) electrons. The predicted molar refractivity (Wildman–Crippen MR) is 160 cm³/mol. The Morgan fingerprint density at radius 2 is 0.657 bits per heavy atom. The molecule has 0 aliphatic rings. The van der Waals surface area contributed by atoms with Gasteiger partial charge in [0, 0.05) is 19.5 Å². The normalized spacial score (nSPS) is 10.8. The Morgan fingerprint density at radius 1 is 0.400 bits per heavy atom. The standard InChI is InChI=1S/C31H63NO.C2H6/c1-4-7-10-13-15-17-19-21-23-26-29-32(31(33)28-25-12-9-6-3)30-27-24-22-20-18-16-14-11-8-5-2;1-2/h4-30H2,1-3H3;1-2H3. The van der Waals surface area contributed by atoms with E-state index in [0.29, 0.717) is 5.91 Å². The van der Waals surface area contributed by atoms with Crippen molar-refractivity contribution in [2.45, 2.75) is 195 Å². The van der Waals surface area contributed by atoms with Gasteiger partial charge in [0.15, 0.2) is 0 Å². The highest BCUT2D eigenvalue weighted by Gasteiger charge is 2.12. The SMILES string of the molecule is CC.CCCCCCCCCCCCN(CCCCCCCCCCCC)C(=O)CCCCCC. The van der Waals surface area contributed by atoms with Gasteiger partial charge in [-0.25, -0.2) is 0 Å². The number of nitrogens with zero attached hydrogens (tertiary/aromatic N) is 1. The maximum Gasteiger partial charge on any atom is 0.222 e. The molecule has 0 bridgehead atoms. The van der Waals surface area contributed by atoms with Crippen LogP contribution in [0.15, 0.2) is 0 Å². The molecular formula is C33H69NO. The van der Waals surface area contributed by atoms with Crippen LogP contribution in [0.2, 0.25) is 0 Å². The number of carbonyl (C=O) groups excluding carboxylic acids is 1. The van der Waals surface area contributed by atoms with Crippen LogP contribution in [0, 0.1) is 0 Å². The fourth-order valence-corrected chi connectivity index (χ4v) is 4.80. The van der Waals surface area contributed by atoms with Crippen molar-refractivity contribution in [3.8, 4) is 0 Å². The van der Waals surface area contributed by atoms with Crippen LogP contribution in [0.1, 0.15) is 195 Å². The van der Waals surface area contributed by atoms with Gasteiger partial charge in [-0.15, -0.1) is 0 Å². The molecule has 0 aromatic heterocycles. The molecule has 0 heterocycles. The lowest BCUT2D eigenvalue weighted by atomic mass is 10.1. The maximum absolute atomic E-state index is 12.8. The first-order valence-corrected chi connectivity index (χ1v) is 16.5. The summed E-state index contributed by atoms with van der Waals surface area (Å²) in [4.78, 5) is 15.0. The second-order valence-corrected chi connectivity index (χ2v) is 10.6. The zero-order valence-electron chi connectivity index (χ0n) is 25.4. The summed E-state index contributed by atoms with van der Waals surface area (Å²) in [6, 6.07) is 0. The summed E-state index contributed by atoms with van der Waals surface area (Å²) in [5.74, 6) is 0.429. The molecule has 212 valence electrons. The molecule has 0 fully saturated rings. The van der Waals surface area contributed by atoms with Gasteiger partial charge in [0.2, 0.25) is 5.91 Å². The maximum atomic E-state index is 12.8. The van der Waals surface area contributed by atoms with Gasteiger partial charge in [-0.1, -0.05) is 169 Å². The zero-order chi connectivity index (χ0) is 26.2. The monoisotopic (exact) mass is 496 g/mol. The van der Waals surface area contributed by atoms with E-state index in [1.165, 1.54) is 148 Å². The number of amides is 1. The smallest absolute Gasteiger partial charge is 0.222 e. The zero-order valence-corrected chi connectivity index (χ0v) is 25.4. The van der Waals surface area contributed by atoms with Crippen LogP contribution >= 0.6 is 0 Å². The minimum Gasteiger partial charge on any atom is -0.343 e. The van der Waals surface area contributed by atoms with E-state index in [2.05, 4.69) is 25.7 Å². The second kappa shape index (κ2) is 33.5. The third-order valence-electron chi connectivity index (χ3n) is 7.16. The molecule has 35 heavy (non-hydrogen) atoms. The summed E-state index contributed by atoms with van der Waals surface area (Å²) in [5, 5.41) is 0. The van der Waals surface area contributed by atoms with Crippen molar-refractivity contribution in [2.24, 2.45) is 0 Å². The molecule has 0 saturated carbocycles. The van der Waals surface area contributed by atoms with Gasteiger partial charge >= 0.3 is 0 Å². The van der Waals surface area contributed by atoms with E-state index >= 15 is 0 Å². The first-order chi connectivity index (χ1) is 17.3. The van der Waals surface area contributed by atoms with Crippen molar-refractivity contribution in [1.82, 2.24) is 4.90 Å². The van der Waals surface area contributed by atoms with Crippen molar-refractivity contribution in [2.75, 3.05) is 13.1 Å². The fourth-order valence-electron chi connectivity index (χ4n) is 4.80. The van der Waals surface area contributed by atoms with Crippen molar-refractivity contribution in [3.63, 3.8) is 0 Å². The molecule has 1 amide bonds. The van der Waals surface area contributed by atoms with Gasteiger partial charge in [-0.3, -0.25) is 4.79 Å². The largest absolute Gasteiger partial charge is 0.343 e. The molecule has 0 N–H and O–H groups in total. The number of unbranched alkanes of at least 4 members (excludes halogenated alkanes) is 21. The topological polar surface area (TPSA) is 20.3 Å². The Bertz CT molecular complexity index is 357. The summed E-state index contributed by atoms with van der Waals surface area (Å²) in [7, 11) is 0. The second-order valence-electron chi connectivity index (χ2n) is 10.6.